The molecular weight excluding hydrogens is 448 g/mol. The van der Waals surface area contributed by atoms with Crippen LogP contribution in [0.1, 0.15) is 65.4 Å². The lowest BCUT2D eigenvalue weighted by Gasteiger charge is -2.31. The van der Waals surface area contributed by atoms with E-state index in [0.29, 0.717) is 43.4 Å². The highest BCUT2D eigenvalue weighted by atomic mass is 16.6. The van der Waals surface area contributed by atoms with Crippen molar-refractivity contribution < 1.29 is 33.1 Å². The monoisotopic (exact) mass is 489 g/mol. The van der Waals surface area contributed by atoms with E-state index in [2.05, 4.69) is 16.5 Å². The number of carbonyl (C=O) groups is 2. The van der Waals surface area contributed by atoms with Crippen LogP contribution in [0.3, 0.4) is 0 Å². The summed E-state index contributed by atoms with van der Waals surface area (Å²) >= 11 is 0. The lowest BCUT2D eigenvalue weighted by atomic mass is 9.76. The summed E-state index contributed by atoms with van der Waals surface area (Å²) in [5, 5.41) is 0. The first-order chi connectivity index (χ1) is 16.9. The van der Waals surface area contributed by atoms with Crippen molar-refractivity contribution in [3.63, 3.8) is 0 Å². The first-order valence-electron chi connectivity index (χ1n) is 12.7. The largest absolute Gasteiger partial charge is 0.463 e. The molecule has 1 aromatic heterocycles. The van der Waals surface area contributed by atoms with Gasteiger partial charge in [0.25, 0.3) is 0 Å². The summed E-state index contributed by atoms with van der Waals surface area (Å²) in [5.41, 5.74) is 2.38. The molecule has 35 heavy (non-hydrogen) atoms. The topological polar surface area (TPSA) is 87.3 Å². The Hall–Kier alpha value is -2.58. The molecule has 194 valence electrons. The average molecular weight is 490 g/mol. The van der Waals surface area contributed by atoms with E-state index in [-0.39, 0.29) is 13.2 Å². The predicted octanol–water partition coefficient (Wildman–Crippen LogP) is 3.77. The van der Waals surface area contributed by atoms with Crippen molar-refractivity contribution in [2.45, 2.75) is 66.3 Å². The van der Waals surface area contributed by atoms with Crippen LogP contribution in [0.4, 0.5) is 0 Å². The minimum atomic E-state index is -0.735. The molecule has 2 rings (SSSR count). The SMILES string of the molecule is CCCOCCOC(=O)C1=C(C)N=C(C)C(C(=O)OCCOCCC)C1c1ccc[n+](CCC)c1. The Bertz CT molecular complexity index is 895. The zero-order valence-corrected chi connectivity index (χ0v) is 21.9. The van der Waals surface area contributed by atoms with Gasteiger partial charge in [-0.15, -0.1) is 0 Å². The van der Waals surface area contributed by atoms with Crippen LogP contribution in [0, 0.1) is 5.92 Å². The predicted molar refractivity (Wildman–Crippen MR) is 133 cm³/mol. The van der Waals surface area contributed by atoms with E-state index >= 15 is 0 Å². The molecule has 0 saturated heterocycles. The maximum atomic E-state index is 13.3. The van der Waals surface area contributed by atoms with Gasteiger partial charge in [0, 0.05) is 48.6 Å². The smallest absolute Gasteiger partial charge is 0.336 e. The molecule has 0 fully saturated rings. The normalized spacial score (nSPS) is 17.8. The average Bonchev–Trinajstić information content (AvgIpc) is 2.83. The van der Waals surface area contributed by atoms with Crippen LogP contribution in [-0.4, -0.2) is 57.3 Å². The third-order valence-electron chi connectivity index (χ3n) is 5.65. The number of aryl methyl sites for hydroxylation is 1. The van der Waals surface area contributed by atoms with Gasteiger partial charge in [0.15, 0.2) is 12.4 Å². The number of rotatable bonds is 15. The van der Waals surface area contributed by atoms with E-state index in [4.69, 9.17) is 18.9 Å². The minimum absolute atomic E-state index is 0.138. The van der Waals surface area contributed by atoms with Crippen molar-refractivity contribution in [2.75, 3.05) is 39.6 Å². The fourth-order valence-corrected chi connectivity index (χ4v) is 4.15. The molecule has 0 radical (unpaired) electrons. The van der Waals surface area contributed by atoms with Gasteiger partial charge in [-0.05, 0) is 32.8 Å². The maximum absolute atomic E-state index is 13.3. The molecule has 0 saturated carbocycles. The molecule has 0 N–H and O–H groups in total. The third kappa shape index (κ3) is 8.54. The Morgan fingerprint density at radius 1 is 0.914 bits per heavy atom. The molecule has 0 amide bonds. The van der Waals surface area contributed by atoms with Crippen LogP contribution in [-0.2, 0) is 35.1 Å². The second kappa shape index (κ2) is 15.4. The van der Waals surface area contributed by atoms with E-state index in [1.165, 1.54) is 0 Å². The van der Waals surface area contributed by atoms with Crippen molar-refractivity contribution in [1.29, 1.82) is 0 Å². The molecular formula is C27H41N2O6+. The highest BCUT2D eigenvalue weighted by Gasteiger charge is 2.43. The highest BCUT2D eigenvalue weighted by molar-refractivity contribution is 6.06. The Morgan fingerprint density at radius 3 is 2.20 bits per heavy atom. The summed E-state index contributed by atoms with van der Waals surface area (Å²) in [6.07, 6.45) is 6.73. The number of aromatic nitrogens is 1. The van der Waals surface area contributed by atoms with E-state index in [1.807, 2.05) is 38.4 Å². The van der Waals surface area contributed by atoms with Crippen LogP contribution in [0.25, 0.3) is 0 Å². The summed E-state index contributed by atoms with van der Waals surface area (Å²) in [4.78, 5) is 31.1. The van der Waals surface area contributed by atoms with Crippen LogP contribution in [0.5, 0.6) is 0 Å². The fraction of sp³-hybridized carbons (Fsp3) is 0.630. The second-order valence-corrected chi connectivity index (χ2v) is 8.61. The lowest BCUT2D eigenvalue weighted by molar-refractivity contribution is -0.697. The standard InChI is InChI=1S/C27H41N2O6/c1-6-11-29-12-9-10-22(19-29)25-23(26(30)34-17-15-32-13-7-2)20(4)28-21(5)24(25)27(31)35-18-16-33-14-8-3/h9-10,12,19,23,25H,6-8,11,13-18H2,1-5H3/q+1. The number of aliphatic imine (C=N–C) groups is 1. The van der Waals surface area contributed by atoms with Crippen molar-refractivity contribution in [1.82, 2.24) is 0 Å². The van der Waals surface area contributed by atoms with Gasteiger partial charge in [-0.3, -0.25) is 9.79 Å². The number of ether oxygens (including phenoxy) is 4. The third-order valence-corrected chi connectivity index (χ3v) is 5.65. The molecule has 8 heteroatoms. The number of hydrogen-bond donors (Lipinski definition) is 0. The molecule has 2 atom stereocenters. The van der Waals surface area contributed by atoms with Crippen molar-refractivity contribution in [3.8, 4) is 0 Å². The van der Waals surface area contributed by atoms with Crippen molar-refractivity contribution >= 4 is 17.7 Å². The van der Waals surface area contributed by atoms with Gasteiger partial charge in [0.2, 0.25) is 0 Å². The van der Waals surface area contributed by atoms with Crippen LogP contribution in [0.2, 0.25) is 0 Å². The van der Waals surface area contributed by atoms with Crippen LogP contribution in [0.15, 0.2) is 40.8 Å². The number of esters is 2. The molecule has 0 aliphatic carbocycles. The highest BCUT2D eigenvalue weighted by Crippen LogP contribution is 2.39. The zero-order chi connectivity index (χ0) is 25.6. The molecule has 1 aliphatic heterocycles. The van der Waals surface area contributed by atoms with E-state index in [0.717, 1.165) is 31.4 Å². The van der Waals surface area contributed by atoms with Gasteiger partial charge >= 0.3 is 11.9 Å². The minimum Gasteiger partial charge on any atom is -0.463 e. The van der Waals surface area contributed by atoms with E-state index < -0.39 is 23.8 Å². The number of pyridine rings is 1. The van der Waals surface area contributed by atoms with Crippen LogP contribution >= 0.6 is 0 Å². The number of allylic oxidation sites excluding steroid dienone is 1. The van der Waals surface area contributed by atoms with Gasteiger partial charge in [0.1, 0.15) is 25.7 Å². The summed E-state index contributed by atoms with van der Waals surface area (Å²) in [6, 6.07) is 3.87. The van der Waals surface area contributed by atoms with Gasteiger partial charge in [-0.2, -0.15) is 0 Å². The molecule has 2 unspecified atom stereocenters. The van der Waals surface area contributed by atoms with Gasteiger partial charge in [0.05, 0.1) is 18.8 Å². The zero-order valence-electron chi connectivity index (χ0n) is 21.9. The van der Waals surface area contributed by atoms with Crippen molar-refractivity contribution in [2.24, 2.45) is 10.9 Å². The van der Waals surface area contributed by atoms with Gasteiger partial charge < -0.3 is 18.9 Å². The molecule has 1 aromatic rings. The Labute approximate surface area is 209 Å². The quantitative estimate of drug-likeness (QED) is 0.212. The van der Waals surface area contributed by atoms with Crippen LogP contribution < -0.4 is 4.57 Å². The number of nitrogens with zero attached hydrogens (tertiary/aromatic N) is 2. The number of carbonyl (C=O) groups excluding carboxylic acids is 2. The summed E-state index contributed by atoms with van der Waals surface area (Å²) < 4.78 is 24.1. The van der Waals surface area contributed by atoms with Gasteiger partial charge in [-0.25, -0.2) is 9.36 Å². The lowest BCUT2D eigenvalue weighted by Crippen LogP contribution is -2.39. The first kappa shape index (κ1) is 28.7. The molecule has 0 bridgehead atoms. The summed E-state index contributed by atoms with van der Waals surface area (Å²) in [7, 11) is 0. The molecule has 0 aromatic carbocycles. The first-order valence-corrected chi connectivity index (χ1v) is 12.7. The van der Waals surface area contributed by atoms with Crippen molar-refractivity contribution in [3.05, 3.63) is 41.4 Å². The Kier molecular flexibility index (Phi) is 12.6. The summed E-state index contributed by atoms with van der Waals surface area (Å²) in [6.45, 7) is 12.7. The Balaban J connectivity index is 2.34. The molecule has 1 aliphatic rings. The van der Waals surface area contributed by atoms with E-state index in [9.17, 15) is 9.59 Å². The second-order valence-electron chi connectivity index (χ2n) is 8.61. The molecule has 0 spiro atoms. The summed E-state index contributed by atoms with van der Waals surface area (Å²) in [5.74, 6) is -2.21. The fourth-order valence-electron chi connectivity index (χ4n) is 4.15. The maximum Gasteiger partial charge on any atom is 0.336 e. The number of hydrogen-bond acceptors (Lipinski definition) is 7. The Morgan fingerprint density at radius 2 is 1.57 bits per heavy atom. The molecule has 2 heterocycles. The molecule has 8 nitrogen and oxygen atoms in total. The van der Waals surface area contributed by atoms with Gasteiger partial charge in [-0.1, -0.05) is 20.8 Å². The van der Waals surface area contributed by atoms with E-state index in [1.54, 1.807) is 13.8 Å².